The number of carbonyl (C=O) groups excluding carboxylic acids is 1. The average molecular weight is 147 g/mol. The normalized spacial score (nSPS) is 16.0. The summed E-state index contributed by atoms with van der Waals surface area (Å²) in [6.45, 7) is 1.82. The zero-order chi connectivity index (χ0) is 8.20. The molecule has 0 radical (unpaired) electrons. The maximum atomic E-state index is 10.6. The third-order valence-electron chi connectivity index (χ3n) is 1.17. The maximum absolute atomic E-state index is 10.6. The van der Waals surface area contributed by atoms with Crippen molar-refractivity contribution in [1.82, 2.24) is 0 Å². The minimum Gasteiger partial charge on any atom is -0.466 e. The van der Waals surface area contributed by atoms with Crippen LogP contribution in [-0.4, -0.2) is 23.9 Å². The molecule has 0 aromatic carbocycles. The lowest BCUT2D eigenvalue weighted by Crippen LogP contribution is -2.48. The number of carbonyl (C=O) groups is 1. The van der Waals surface area contributed by atoms with Gasteiger partial charge in [-0.1, -0.05) is 13.3 Å². The third kappa shape index (κ3) is 2.33. The molecule has 0 heterocycles. The van der Waals surface area contributed by atoms with Gasteiger partial charge in [0.2, 0.25) is 5.72 Å². The fourth-order valence-corrected chi connectivity index (χ4v) is 0.660. The van der Waals surface area contributed by atoms with E-state index in [-0.39, 0.29) is 6.42 Å². The highest BCUT2D eigenvalue weighted by molar-refractivity contribution is 5.78. The maximum Gasteiger partial charge on any atom is 0.353 e. The number of methoxy groups -OCH3 is 1. The van der Waals surface area contributed by atoms with Crippen molar-refractivity contribution in [3.05, 3.63) is 0 Å². The first kappa shape index (κ1) is 9.39. The fourth-order valence-electron chi connectivity index (χ4n) is 0.660. The van der Waals surface area contributed by atoms with Crippen LogP contribution in [0.1, 0.15) is 19.8 Å². The van der Waals surface area contributed by atoms with Crippen LogP contribution in [0.5, 0.6) is 0 Å². The Morgan fingerprint density at radius 3 is 2.60 bits per heavy atom. The molecule has 0 saturated heterocycles. The van der Waals surface area contributed by atoms with E-state index < -0.39 is 11.7 Å². The molecule has 0 saturated carbocycles. The van der Waals surface area contributed by atoms with Crippen molar-refractivity contribution in [3.63, 3.8) is 0 Å². The summed E-state index contributed by atoms with van der Waals surface area (Å²) in [6.07, 6.45) is 0.863. The van der Waals surface area contributed by atoms with Crippen molar-refractivity contribution < 1.29 is 14.6 Å². The van der Waals surface area contributed by atoms with E-state index in [0.29, 0.717) is 6.42 Å². The van der Waals surface area contributed by atoms with Gasteiger partial charge in [0, 0.05) is 6.42 Å². The summed E-state index contributed by atoms with van der Waals surface area (Å²) in [5, 5.41) is 9.09. The summed E-state index contributed by atoms with van der Waals surface area (Å²) < 4.78 is 4.25. The monoisotopic (exact) mass is 147 g/mol. The van der Waals surface area contributed by atoms with Gasteiger partial charge in [-0.15, -0.1) is 0 Å². The Bertz CT molecular complexity index is 122. The molecule has 0 bridgehead atoms. The van der Waals surface area contributed by atoms with Crippen molar-refractivity contribution >= 4 is 5.97 Å². The molecule has 3 N–H and O–H groups in total. The van der Waals surface area contributed by atoms with Crippen molar-refractivity contribution in [2.45, 2.75) is 25.5 Å². The Hall–Kier alpha value is -0.610. The molecule has 0 amide bonds. The van der Waals surface area contributed by atoms with Crippen LogP contribution in [0.2, 0.25) is 0 Å². The second-order valence-corrected chi connectivity index (χ2v) is 2.17. The van der Waals surface area contributed by atoms with E-state index in [2.05, 4.69) is 4.74 Å². The molecule has 0 aliphatic carbocycles. The molecule has 0 aliphatic heterocycles. The average Bonchev–Trinajstić information content (AvgIpc) is 1.86. The number of rotatable bonds is 3. The van der Waals surface area contributed by atoms with E-state index in [1.54, 1.807) is 0 Å². The van der Waals surface area contributed by atoms with Gasteiger partial charge >= 0.3 is 5.97 Å². The van der Waals surface area contributed by atoms with E-state index >= 15 is 0 Å². The van der Waals surface area contributed by atoms with E-state index in [1.807, 2.05) is 6.92 Å². The molecule has 0 aromatic rings. The topological polar surface area (TPSA) is 72.5 Å². The number of ether oxygens (including phenoxy) is 1. The molecular formula is C6H13NO3. The molecule has 0 aliphatic rings. The molecule has 4 heteroatoms. The van der Waals surface area contributed by atoms with Gasteiger partial charge in [-0.05, 0) is 0 Å². The van der Waals surface area contributed by atoms with Gasteiger partial charge < -0.3 is 9.84 Å². The Kier molecular flexibility index (Phi) is 3.32. The van der Waals surface area contributed by atoms with Crippen molar-refractivity contribution in [2.75, 3.05) is 7.11 Å². The highest BCUT2D eigenvalue weighted by Crippen LogP contribution is 2.06. The zero-order valence-corrected chi connectivity index (χ0v) is 6.26. The first-order valence-corrected chi connectivity index (χ1v) is 3.14. The molecule has 1 unspecified atom stereocenters. The van der Waals surface area contributed by atoms with Crippen LogP contribution >= 0.6 is 0 Å². The van der Waals surface area contributed by atoms with E-state index in [1.165, 1.54) is 7.11 Å². The summed E-state index contributed by atoms with van der Waals surface area (Å²) in [7, 11) is 1.19. The predicted molar refractivity (Wildman–Crippen MR) is 36.1 cm³/mol. The molecular weight excluding hydrogens is 134 g/mol. The molecule has 10 heavy (non-hydrogen) atoms. The van der Waals surface area contributed by atoms with Crippen LogP contribution < -0.4 is 5.73 Å². The first-order chi connectivity index (χ1) is 4.54. The minimum absolute atomic E-state index is 0.222. The van der Waals surface area contributed by atoms with Gasteiger partial charge in [-0.2, -0.15) is 0 Å². The summed E-state index contributed by atoms with van der Waals surface area (Å²) >= 11 is 0. The second-order valence-electron chi connectivity index (χ2n) is 2.17. The molecule has 60 valence electrons. The first-order valence-electron chi connectivity index (χ1n) is 3.14. The van der Waals surface area contributed by atoms with Crippen LogP contribution in [0.3, 0.4) is 0 Å². The minimum atomic E-state index is -1.80. The quantitative estimate of drug-likeness (QED) is 0.421. The Balaban J connectivity index is 3.96. The number of esters is 1. The van der Waals surface area contributed by atoms with Crippen LogP contribution in [0.15, 0.2) is 0 Å². The summed E-state index contributed by atoms with van der Waals surface area (Å²) in [4.78, 5) is 10.6. The smallest absolute Gasteiger partial charge is 0.353 e. The summed E-state index contributed by atoms with van der Waals surface area (Å²) in [5.41, 5.74) is 3.36. The van der Waals surface area contributed by atoms with Crippen molar-refractivity contribution in [1.29, 1.82) is 0 Å². The van der Waals surface area contributed by atoms with Gasteiger partial charge in [0.1, 0.15) is 0 Å². The summed E-state index contributed by atoms with van der Waals surface area (Å²) in [5.74, 6) is -0.783. The lowest BCUT2D eigenvalue weighted by atomic mass is 10.1. The SMILES string of the molecule is CCCC(N)(O)C(=O)OC. The number of hydrogen-bond acceptors (Lipinski definition) is 4. The summed E-state index contributed by atoms with van der Waals surface area (Å²) in [6, 6.07) is 0. The van der Waals surface area contributed by atoms with Crippen LogP contribution in [0, 0.1) is 0 Å². The van der Waals surface area contributed by atoms with Crippen molar-refractivity contribution in [3.8, 4) is 0 Å². The Morgan fingerprint density at radius 2 is 2.30 bits per heavy atom. The van der Waals surface area contributed by atoms with Gasteiger partial charge in [0.25, 0.3) is 0 Å². The highest BCUT2D eigenvalue weighted by Gasteiger charge is 2.30. The van der Waals surface area contributed by atoms with Gasteiger partial charge in [-0.25, -0.2) is 4.79 Å². The van der Waals surface area contributed by atoms with E-state index in [4.69, 9.17) is 10.8 Å². The van der Waals surface area contributed by atoms with Crippen LogP contribution in [-0.2, 0) is 9.53 Å². The molecule has 0 fully saturated rings. The zero-order valence-electron chi connectivity index (χ0n) is 6.26. The standard InChI is InChI=1S/C6H13NO3/c1-3-4-6(7,9)5(8)10-2/h9H,3-4,7H2,1-2H3. The van der Waals surface area contributed by atoms with Crippen molar-refractivity contribution in [2.24, 2.45) is 5.73 Å². The van der Waals surface area contributed by atoms with Gasteiger partial charge in [0.15, 0.2) is 0 Å². The lowest BCUT2D eigenvalue weighted by Gasteiger charge is -2.18. The van der Waals surface area contributed by atoms with Gasteiger partial charge in [-0.3, -0.25) is 5.73 Å². The molecule has 0 aromatic heterocycles. The third-order valence-corrected chi connectivity index (χ3v) is 1.17. The van der Waals surface area contributed by atoms with E-state index in [9.17, 15) is 4.79 Å². The second kappa shape index (κ2) is 3.53. The largest absolute Gasteiger partial charge is 0.466 e. The fraction of sp³-hybridized carbons (Fsp3) is 0.833. The Labute approximate surface area is 60.0 Å². The molecule has 0 rings (SSSR count). The lowest BCUT2D eigenvalue weighted by molar-refractivity contribution is -0.162. The number of aliphatic hydroxyl groups is 1. The molecule has 0 spiro atoms. The van der Waals surface area contributed by atoms with Crippen LogP contribution in [0.4, 0.5) is 0 Å². The number of hydrogen-bond donors (Lipinski definition) is 2. The van der Waals surface area contributed by atoms with E-state index in [0.717, 1.165) is 0 Å². The Morgan fingerprint density at radius 1 is 1.80 bits per heavy atom. The van der Waals surface area contributed by atoms with Gasteiger partial charge in [0.05, 0.1) is 7.11 Å². The molecule has 1 atom stereocenters. The predicted octanol–water partition coefficient (Wildman–Crippen LogP) is -0.393. The molecule has 4 nitrogen and oxygen atoms in total. The number of nitrogens with two attached hydrogens (primary N) is 1. The highest BCUT2D eigenvalue weighted by atomic mass is 16.5. The van der Waals surface area contributed by atoms with Crippen LogP contribution in [0.25, 0.3) is 0 Å².